The maximum atomic E-state index is 11.3. The van der Waals surface area contributed by atoms with Crippen molar-refractivity contribution in [3.8, 4) is 0 Å². The molecule has 1 aromatic heterocycles. The van der Waals surface area contributed by atoms with Gasteiger partial charge >= 0.3 is 6.09 Å². The van der Waals surface area contributed by atoms with Crippen LogP contribution in [0.5, 0.6) is 0 Å². The second-order valence-corrected chi connectivity index (χ2v) is 6.07. The number of hydrogen-bond acceptors (Lipinski definition) is 5. The fraction of sp³-hybridized carbons (Fsp3) is 0.294. The van der Waals surface area contributed by atoms with Gasteiger partial charge in [0.15, 0.2) is 0 Å². The number of ether oxygens (including phenoxy) is 1. The number of halogens is 1. The maximum Gasteiger partial charge on any atom is 0.412 e. The Morgan fingerprint density at radius 3 is 3.12 bits per heavy atom. The summed E-state index contributed by atoms with van der Waals surface area (Å²) in [4.78, 5) is 20.4. The molecule has 0 spiro atoms. The van der Waals surface area contributed by atoms with Crippen molar-refractivity contribution in [2.75, 3.05) is 19.7 Å². The molecule has 1 amide bonds. The molecule has 0 bridgehead atoms. The van der Waals surface area contributed by atoms with E-state index < -0.39 is 6.09 Å². The Bertz CT molecular complexity index is 796. The molecule has 2 rings (SSSR count). The normalized spacial score (nSPS) is 14.4. The lowest BCUT2D eigenvalue weighted by atomic mass is 10.2. The molecule has 1 N–H and O–H groups in total. The number of nitrogens with zero attached hydrogens (tertiary/aromatic N) is 3. The van der Waals surface area contributed by atoms with Crippen LogP contribution >= 0.6 is 23.8 Å². The van der Waals surface area contributed by atoms with Gasteiger partial charge in [0.25, 0.3) is 0 Å². The molecule has 0 fully saturated rings. The van der Waals surface area contributed by atoms with Crippen LogP contribution in [0.1, 0.15) is 6.92 Å². The van der Waals surface area contributed by atoms with Crippen LogP contribution < -0.4 is 10.8 Å². The van der Waals surface area contributed by atoms with E-state index in [4.69, 9.17) is 28.6 Å². The van der Waals surface area contributed by atoms with Crippen molar-refractivity contribution in [3.63, 3.8) is 0 Å². The fourth-order valence-corrected chi connectivity index (χ4v) is 2.33. The van der Waals surface area contributed by atoms with Crippen molar-refractivity contribution in [1.82, 2.24) is 9.88 Å². The minimum Gasteiger partial charge on any atom is -0.450 e. The molecule has 25 heavy (non-hydrogen) atoms. The van der Waals surface area contributed by atoms with Crippen LogP contribution in [-0.2, 0) is 11.3 Å². The van der Waals surface area contributed by atoms with Gasteiger partial charge in [-0.15, -0.1) is 0 Å². The van der Waals surface area contributed by atoms with E-state index in [2.05, 4.69) is 15.3 Å². The highest BCUT2D eigenvalue weighted by Gasteiger charge is 2.04. The van der Waals surface area contributed by atoms with Crippen LogP contribution in [0.4, 0.5) is 4.79 Å². The SMILES string of the molecule is CCOC(=O)NC(=S)C/N=c1\ccccn1CC1=CC=C(Cl)CN=C1. The molecule has 0 aliphatic carbocycles. The Morgan fingerprint density at radius 2 is 2.32 bits per heavy atom. The van der Waals surface area contributed by atoms with Crippen LogP contribution in [0.2, 0.25) is 0 Å². The number of pyridine rings is 1. The molecule has 1 aromatic rings. The van der Waals surface area contributed by atoms with Crippen molar-refractivity contribution < 1.29 is 9.53 Å². The first kappa shape index (κ1) is 19.1. The monoisotopic (exact) mass is 378 g/mol. The quantitative estimate of drug-likeness (QED) is 0.801. The third-order valence-corrected chi connectivity index (χ3v) is 3.63. The molecular formula is C17H19ClN4O2S. The van der Waals surface area contributed by atoms with Gasteiger partial charge in [-0.1, -0.05) is 36.0 Å². The number of carbonyl (C=O) groups excluding carboxylic acids is 1. The summed E-state index contributed by atoms with van der Waals surface area (Å²) in [5, 5.41) is 3.18. The van der Waals surface area contributed by atoms with Gasteiger partial charge in [-0.2, -0.15) is 0 Å². The standard InChI is InChI=1S/C17H19ClN4O2S/c1-2-24-17(23)21-16(25)11-20-15-5-3-4-8-22(15)12-13-6-7-14(18)10-19-9-13/h3-9H,2,10-12H2,1H3,(H,21,23,25)/b20-15+. The molecule has 0 unspecified atom stereocenters. The van der Waals surface area contributed by atoms with Crippen molar-refractivity contribution in [3.05, 3.63) is 52.6 Å². The molecule has 0 aromatic carbocycles. The average molecular weight is 379 g/mol. The van der Waals surface area contributed by atoms with Crippen LogP contribution in [0, 0.1) is 0 Å². The third-order valence-electron chi connectivity index (χ3n) is 3.15. The maximum absolute atomic E-state index is 11.3. The number of aliphatic imine (C=N–C) groups is 1. The van der Waals surface area contributed by atoms with E-state index in [9.17, 15) is 4.79 Å². The molecule has 8 heteroatoms. The summed E-state index contributed by atoms with van der Waals surface area (Å²) >= 11 is 11.1. The van der Waals surface area contributed by atoms with Crippen molar-refractivity contribution in [2.24, 2.45) is 9.98 Å². The predicted molar refractivity (Wildman–Crippen MR) is 103 cm³/mol. The lowest BCUT2D eigenvalue weighted by molar-refractivity contribution is 0.158. The number of rotatable bonds is 5. The molecule has 1 aliphatic heterocycles. The number of thiocarbonyl (C=S) groups is 1. The van der Waals surface area contributed by atoms with Gasteiger partial charge in [0.1, 0.15) is 10.5 Å². The molecule has 0 radical (unpaired) electrons. The summed E-state index contributed by atoms with van der Waals surface area (Å²) in [6.45, 7) is 3.30. The highest BCUT2D eigenvalue weighted by Crippen LogP contribution is 2.08. The molecule has 0 atom stereocenters. The van der Waals surface area contributed by atoms with Crippen LogP contribution in [-0.4, -0.2) is 41.6 Å². The van der Waals surface area contributed by atoms with E-state index in [1.807, 2.05) is 47.3 Å². The van der Waals surface area contributed by atoms with E-state index in [1.165, 1.54) is 0 Å². The van der Waals surface area contributed by atoms with Gasteiger partial charge in [-0.05, 0) is 30.7 Å². The molecule has 0 saturated carbocycles. The van der Waals surface area contributed by atoms with Crippen molar-refractivity contribution in [1.29, 1.82) is 0 Å². The van der Waals surface area contributed by atoms with Gasteiger partial charge in [0.2, 0.25) is 0 Å². The zero-order valence-electron chi connectivity index (χ0n) is 13.8. The second-order valence-electron chi connectivity index (χ2n) is 5.10. The molecular weight excluding hydrogens is 360 g/mol. The number of alkyl carbamates (subject to hydrolysis) is 1. The minimum absolute atomic E-state index is 0.191. The first-order valence-electron chi connectivity index (χ1n) is 7.76. The third kappa shape index (κ3) is 6.64. The number of nitrogens with one attached hydrogen (secondary N) is 1. The summed E-state index contributed by atoms with van der Waals surface area (Å²) in [5.74, 6) is 0. The summed E-state index contributed by atoms with van der Waals surface area (Å²) in [6, 6.07) is 5.69. The van der Waals surface area contributed by atoms with Crippen LogP contribution in [0.15, 0.2) is 57.1 Å². The van der Waals surface area contributed by atoms with E-state index in [-0.39, 0.29) is 6.54 Å². The first-order chi connectivity index (χ1) is 12.1. The molecule has 6 nitrogen and oxygen atoms in total. The summed E-state index contributed by atoms with van der Waals surface area (Å²) in [6.07, 6.45) is 6.96. The predicted octanol–water partition coefficient (Wildman–Crippen LogP) is 2.60. The van der Waals surface area contributed by atoms with Gasteiger partial charge in [0.05, 0.1) is 26.2 Å². The smallest absolute Gasteiger partial charge is 0.412 e. The van der Waals surface area contributed by atoms with Crippen LogP contribution in [0.25, 0.3) is 0 Å². The first-order valence-corrected chi connectivity index (χ1v) is 8.54. The Balaban J connectivity index is 2.10. The summed E-state index contributed by atoms with van der Waals surface area (Å²) in [7, 11) is 0. The van der Waals surface area contributed by atoms with E-state index in [0.717, 1.165) is 11.1 Å². The zero-order valence-corrected chi connectivity index (χ0v) is 15.4. The Labute approximate surface area is 156 Å². The Morgan fingerprint density at radius 1 is 1.48 bits per heavy atom. The second kappa shape index (κ2) is 9.90. The van der Waals surface area contributed by atoms with Crippen molar-refractivity contribution >= 4 is 41.1 Å². The van der Waals surface area contributed by atoms with Crippen molar-refractivity contribution in [2.45, 2.75) is 13.5 Å². The van der Waals surface area contributed by atoms with Gasteiger partial charge in [0, 0.05) is 17.4 Å². The highest BCUT2D eigenvalue weighted by atomic mass is 35.5. The Kier molecular flexibility index (Phi) is 7.56. The number of amides is 1. The van der Waals surface area contributed by atoms with Gasteiger partial charge in [-0.3, -0.25) is 15.3 Å². The lowest BCUT2D eigenvalue weighted by Crippen LogP contribution is -2.32. The van der Waals surface area contributed by atoms with E-state index in [1.54, 1.807) is 6.92 Å². The average Bonchev–Trinajstić information content (AvgIpc) is 2.79. The number of carbonyl (C=O) groups is 1. The van der Waals surface area contributed by atoms with E-state index in [0.29, 0.717) is 29.7 Å². The number of allylic oxidation sites excluding steroid dienone is 3. The largest absolute Gasteiger partial charge is 0.450 e. The van der Waals surface area contributed by atoms with E-state index >= 15 is 0 Å². The highest BCUT2D eigenvalue weighted by molar-refractivity contribution is 7.80. The Hall–Kier alpha value is -2.25. The number of hydrogen-bond donors (Lipinski definition) is 1. The molecule has 1 aliphatic rings. The molecule has 0 saturated heterocycles. The van der Waals surface area contributed by atoms with Crippen LogP contribution in [0.3, 0.4) is 0 Å². The minimum atomic E-state index is -0.563. The van der Waals surface area contributed by atoms with Gasteiger partial charge in [-0.25, -0.2) is 4.79 Å². The molecule has 132 valence electrons. The summed E-state index contributed by atoms with van der Waals surface area (Å²) < 4.78 is 6.76. The topological polar surface area (TPSA) is 68.0 Å². The molecule has 2 heterocycles. The summed E-state index contributed by atoms with van der Waals surface area (Å²) in [5.41, 5.74) is 1.75. The fourth-order valence-electron chi connectivity index (χ4n) is 2.05. The van der Waals surface area contributed by atoms with Gasteiger partial charge < -0.3 is 9.30 Å². The lowest BCUT2D eigenvalue weighted by Gasteiger charge is -2.08. The zero-order chi connectivity index (χ0) is 18.1. The number of aromatic nitrogens is 1.